The molecule has 3 N–H and O–H groups in total. The van der Waals surface area contributed by atoms with Gasteiger partial charge in [-0.05, 0) is 32.4 Å². The van der Waals surface area contributed by atoms with E-state index in [1.54, 1.807) is 13.3 Å². The maximum absolute atomic E-state index is 8.47. The molecule has 3 heterocycles. The first kappa shape index (κ1) is 19.6. The molecule has 7 heteroatoms. The summed E-state index contributed by atoms with van der Waals surface area (Å²) in [6.07, 6.45) is 5.48. The number of nitrogens with zero attached hydrogens (tertiary/aromatic N) is 1. The van der Waals surface area contributed by atoms with Gasteiger partial charge in [0.25, 0.3) is 0 Å². The van der Waals surface area contributed by atoms with Crippen molar-refractivity contribution in [3.63, 3.8) is 0 Å². The van der Waals surface area contributed by atoms with Crippen molar-refractivity contribution in [2.45, 2.75) is 32.6 Å². The van der Waals surface area contributed by atoms with E-state index in [4.69, 9.17) is 19.6 Å². The van der Waals surface area contributed by atoms with Gasteiger partial charge in [-0.3, -0.25) is 5.41 Å². The maximum atomic E-state index is 8.47. The fraction of sp³-hybridized carbons (Fsp3) is 0.600. The first-order valence-electron chi connectivity index (χ1n) is 9.67. The molecule has 1 saturated heterocycles. The van der Waals surface area contributed by atoms with E-state index in [1.165, 1.54) is 6.42 Å². The van der Waals surface area contributed by atoms with Gasteiger partial charge < -0.3 is 24.8 Å². The lowest BCUT2D eigenvalue weighted by Crippen LogP contribution is -2.33. The van der Waals surface area contributed by atoms with Gasteiger partial charge in [0, 0.05) is 42.1 Å². The Morgan fingerprint density at radius 3 is 3.00 bits per heavy atom. The zero-order valence-electron chi connectivity index (χ0n) is 16.3. The number of pyridine rings is 1. The molecule has 1 fully saturated rings. The van der Waals surface area contributed by atoms with Crippen molar-refractivity contribution >= 4 is 11.6 Å². The summed E-state index contributed by atoms with van der Waals surface area (Å²) >= 11 is 0. The molecule has 148 valence electrons. The average Bonchev–Trinajstić information content (AvgIpc) is 2.92. The van der Waals surface area contributed by atoms with E-state index in [0.29, 0.717) is 38.0 Å². The predicted molar refractivity (Wildman–Crippen MR) is 106 cm³/mol. The lowest BCUT2D eigenvalue weighted by Gasteiger charge is -2.23. The zero-order chi connectivity index (χ0) is 19.1. The molecular formula is C20H30N4O3. The van der Waals surface area contributed by atoms with Crippen molar-refractivity contribution in [1.82, 2.24) is 10.3 Å². The number of aryl methyl sites for hydroxylation is 1. The summed E-state index contributed by atoms with van der Waals surface area (Å²) in [4.78, 5) is 4.32. The Hall–Kier alpha value is -2.12. The third-order valence-electron chi connectivity index (χ3n) is 5.01. The first-order chi connectivity index (χ1) is 13.2. The van der Waals surface area contributed by atoms with Crippen LogP contribution in [0, 0.1) is 18.3 Å². The third kappa shape index (κ3) is 5.43. The number of aromatic nitrogens is 1. The topological polar surface area (TPSA) is 88.5 Å². The molecule has 1 aromatic rings. The fourth-order valence-electron chi connectivity index (χ4n) is 3.51. The molecular weight excluding hydrogens is 344 g/mol. The lowest BCUT2D eigenvalue weighted by atomic mass is 10.0. The summed E-state index contributed by atoms with van der Waals surface area (Å²) in [6.45, 7) is 5.85. The molecule has 0 aromatic carbocycles. The molecule has 0 aliphatic carbocycles. The Morgan fingerprint density at radius 1 is 1.41 bits per heavy atom. The second-order valence-corrected chi connectivity index (χ2v) is 7.10. The lowest BCUT2D eigenvalue weighted by molar-refractivity contribution is 0.146. The van der Waals surface area contributed by atoms with Gasteiger partial charge in [-0.1, -0.05) is 0 Å². The third-order valence-corrected chi connectivity index (χ3v) is 5.01. The summed E-state index contributed by atoms with van der Waals surface area (Å²) in [5.74, 6) is 1.36. The largest absolute Gasteiger partial charge is 0.481 e. The molecule has 0 radical (unpaired) electrons. The summed E-state index contributed by atoms with van der Waals surface area (Å²) in [5, 5.41) is 15.3. The number of methoxy groups -OCH3 is 1. The molecule has 0 spiro atoms. The molecule has 0 amide bonds. The van der Waals surface area contributed by atoms with Crippen LogP contribution in [0.15, 0.2) is 23.5 Å². The van der Waals surface area contributed by atoms with Crippen LogP contribution in [0.2, 0.25) is 0 Å². The van der Waals surface area contributed by atoms with E-state index in [0.717, 1.165) is 48.5 Å². The van der Waals surface area contributed by atoms with E-state index in [2.05, 4.69) is 15.6 Å². The van der Waals surface area contributed by atoms with Gasteiger partial charge in [-0.2, -0.15) is 0 Å². The molecule has 0 bridgehead atoms. The van der Waals surface area contributed by atoms with Gasteiger partial charge in [-0.25, -0.2) is 4.98 Å². The van der Waals surface area contributed by atoms with Gasteiger partial charge in [-0.15, -0.1) is 0 Å². The molecule has 0 saturated carbocycles. The zero-order valence-corrected chi connectivity index (χ0v) is 16.3. The quantitative estimate of drug-likeness (QED) is 0.524. The van der Waals surface area contributed by atoms with E-state index >= 15 is 0 Å². The van der Waals surface area contributed by atoms with Crippen molar-refractivity contribution in [1.29, 1.82) is 5.41 Å². The number of hydrogen-bond acceptors (Lipinski definition) is 7. The highest BCUT2D eigenvalue weighted by atomic mass is 16.5. The second kappa shape index (κ2) is 9.71. The van der Waals surface area contributed by atoms with Crippen molar-refractivity contribution in [3.8, 4) is 5.88 Å². The number of anilines is 1. The molecule has 7 nitrogen and oxygen atoms in total. The van der Waals surface area contributed by atoms with Crippen LogP contribution in [0.5, 0.6) is 5.88 Å². The normalized spacial score (nSPS) is 20.7. The fourth-order valence-corrected chi connectivity index (χ4v) is 3.51. The van der Waals surface area contributed by atoms with Gasteiger partial charge in [0.2, 0.25) is 11.8 Å². The van der Waals surface area contributed by atoms with E-state index in [1.807, 2.05) is 13.0 Å². The summed E-state index contributed by atoms with van der Waals surface area (Å²) < 4.78 is 16.7. The molecule has 3 rings (SSSR count). The van der Waals surface area contributed by atoms with Gasteiger partial charge >= 0.3 is 0 Å². The van der Waals surface area contributed by atoms with Crippen molar-refractivity contribution in [2.24, 2.45) is 5.92 Å². The smallest absolute Gasteiger partial charge is 0.216 e. The van der Waals surface area contributed by atoms with Crippen LogP contribution in [0.1, 0.15) is 31.2 Å². The molecule has 2 aliphatic rings. The minimum absolute atomic E-state index is 0.256. The minimum atomic E-state index is 0.256. The van der Waals surface area contributed by atoms with Crippen LogP contribution in [-0.2, 0) is 9.47 Å². The van der Waals surface area contributed by atoms with Gasteiger partial charge in [0.1, 0.15) is 0 Å². The van der Waals surface area contributed by atoms with Crippen molar-refractivity contribution in [3.05, 3.63) is 29.1 Å². The highest BCUT2D eigenvalue weighted by Crippen LogP contribution is 2.24. The minimum Gasteiger partial charge on any atom is -0.481 e. The Bertz CT molecular complexity index is 684. The average molecular weight is 374 g/mol. The number of hydrogen-bond donors (Lipinski definition) is 3. The molecule has 1 unspecified atom stereocenters. The Labute approximate surface area is 161 Å². The van der Waals surface area contributed by atoms with E-state index < -0.39 is 0 Å². The second-order valence-electron chi connectivity index (χ2n) is 7.10. The number of nitrogens with one attached hydrogen (secondary N) is 3. The standard InChI is InChI=1S/C20H30N4O3/c1-14-10-16(12-23-20(14)25-2)24-18-6-9-26-8-5-17(18)19(21)27-13-15-4-3-7-22-11-15/h10,12,15,21-22,24H,3-9,11,13H2,1-2H3. The Kier molecular flexibility index (Phi) is 7.06. The van der Waals surface area contributed by atoms with Crippen LogP contribution < -0.4 is 15.4 Å². The summed E-state index contributed by atoms with van der Waals surface area (Å²) in [7, 11) is 1.62. The summed E-state index contributed by atoms with van der Waals surface area (Å²) in [6, 6.07) is 2.00. The molecule has 1 aromatic heterocycles. The van der Waals surface area contributed by atoms with Crippen LogP contribution in [0.3, 0.4) is 0 Å². The van der Waals surface area contributed by atoms with E-state index in [-0.39, 0.29) is 5.90 Å². The number of rotatable bonds is 6. The van der Waals surface area contributed by atoms with Crippen LogP contribution in [0.4, 0.5) is 5.69 Å². The highest BCUT2D eigenvalue weighted by molar-refractivity contribution is 5.92. The van der Waals surface area contributed by atoms with Crippen molar-refractivity contribution in [2.75, 3.05) is 45.3 Å². The number of ether oxygens (including phenoxy) is 3. The highest BCUT2D eigenvalue weighted by Gasteiger charge is 2.20. The van der Waals surface area contributed by atoms with Gasteiger partial charge in [0.15, 0.2) is 0 Å². The summed E-state index contributed by atoms with van der Waals surface area (Å²) in [5.41, 5.74) is 3.72. The maximum Gasteiger partial charge on any atom is 0.216 e. The SMILES string of the molecule is COc1ncc(NC2=C(C(=N)OCC3CCCNC3)CCOCC2)cc1C. The predicted octanol–water partition coefficient (Wildman–Crippen LogP) is 2.87. The van der Waals surface area contributed by atoms with Crippen molar-refractivity contribution < 1.29 is 14.2 Å². The van der Waals surface area contributed by atoms with Crippen LogP contribution >= 0.6 is 0 Å². The van der Waals surface area contributed by atoms with Crippen LogP contribution in [0.25, 0.3) is 0 Å². The molecule has 2 aliphatic heterocycles. The molecule has 27 heavy (non-hydrogen) atoms. The van der Waals surface area contributed by atoms with E-state index in [9.17, 15) is 0 Å². The first-order valence-corrected chi connectivity index (χ1v) is 9.67. The Morgan fingerprint density at radius 2 is 2.26 bits per heavy atom. The Balaban J connectivity index is 1.70. The monoisotopic (exact) mass is 374 g/mol. The van der Waals surface area contributed by atoms with Gasteiger partial charge in [0.05, 0.1) is 38.8 Å². The number of piperidine rings is 1. The molecule has 1 atom stereocenters. The van der Waals surface area contributed by atoms with Crippen LogP contribution in [-0.4, -0.2) is 50.9 Å².